The fourth-order valence-electron chi connectivity index (χ4n) is 4.86. The molecule has 44 heavy (non-hydrogen) atoms. The topological polar surface area (TPSA) is 119 Å². The van der Waals surface area contributed by atoms with Crippen LogP contribution in [0, 0.1) is 5.21 Å². The van der Waals surface area contributed by atoms with Gasteiger partial charge in [0.1, 0.15) is 5.82 Å². The lowest BCUT2D eigenvalue weighted by Gasteiger charge is -2.23. The van der Waals surface area contributed by atoms with Gasteiger partial charge in [-0.3, -0.25) is 5.32 Å². The summed E-state index contributed by atoms with van der Waals surface area (Å²) >= 11 is 5.29. The third kappa shape index (κ3) is 6.83. The van der Waals surface area contributed by atoms with Crippen molar-refractivity contribution in [2.24, 2.45) is 0 Å². The number of carbonyl (C=O) groups is 1. The number of amides is 1. The molecule has 6 rings (SSSR count). The Bertz CT molecular complexity index is 1850. The van der Waals surface area contributed by atoms with Crippen molar-refractivity contribution >= 4 is 53.5 Å². The lowest BCUT2D eigenvalue weighted by molar-refractivity contribution is 0.187. The molecule has 0 spiro atoms. The molecule has 222 valence electrons. The highest BCUT2D eigenvalue weighted by Crippen LogP contribution is 2.36. The maximum absolute atomic E-state index is 13.4. The third-order valence-electron chi connectivity index (χ3n) is 7.00. The van der Waals surface area contributed by atoms with E-state index in [1.165, 1.54) is 13.5 Å². The molecule has 1 aliphatic heterocycles. The molecule has 0 saturated heterocycles. The van der Waals surface area contributed by atoms with Crippen molar-refractivity contribution in [1.29, 1.82) is 0 Å². The number of methoxy groups -OCH3 is 1. The molecule has 0 unspecified atom stereocenters. The second kappa shape index (κ2) is 13.4. The Morgan fingerprint density at radius 1 is 1.09 bits per heavy atom. The average molecular weight is 719 g/mol. The predicted molar refractivity (Wildman–Crippen MR) is 181 cm³/mol. The monoisotopic (exact) mass is 718 g/mol. The summed E-state index contributed by atoms with van der Waals surface area (Å²) in [5, 5.41) is 16.6. The number of ether oxygens (including phenoxy) is 1. The number of H-pyrrole nitrogens is 1. The van der Waals surface area contributed by atoms with Gasteiger partial charge in [0.05, 0.1) is 31.1 Å². The first-order valence-electron chi connectivity index (χ1n) is 13.6. The highest BCUT2D eigenvalue weighted by Gasteiger charge is 2.22. The van der Waals surface area contributed by atoms with Crippen LogP contribution in [-0.4, -0.2) is 34.9 Å². The number of aromatic nitrogens is 3. The summed E-state index contributed by atoms with van der Waals surface area (Å²) in [5.74, 6) is 1.19. The van der Waals surface area contributed by atoms with Gasteiger partial charge in [0.25, 0.3) is 0 Å². The summed E-state index contributed by atoms with van der Waals surface area (Å²) in [5.41, 5.74) is 5.79. The van der Waals surface area contributed by atoms with Crippen LogP contribution in [0.2, 0.25) is 5.02 Å². The zero-order chi connectivity index (χ0) is 30.5. The molecule has 0 fully saturated rings. The van der Waals surface area contributed by atoms with Gasteiger partial charge in [-0.05, 0) is 80.0 Å². The molecule has 2 aromatic heterocycles. The minimum Gasteiger partial charge on any atom is -0.750 e. The van der Waals surface area contributed by atoms with E-state index in [-0.39, 0.29) is 5.92 Å². The van der Waals surface area contributed by atoms with Crippen molar-refractivity contribution < 1.29 is 13.9 Å². The number of nitrogens with one attached hydrogen (secondary N) is 2. The summed E-state index contributed by atoms with van der Waals surface area (Å²) in [7, 11) is 1.32. The number of anilines is 1. The van der Waals surface area contributed by atoms with Crippen molar-refractivity contribution in [2.75, 3.05) is 12.4 Å². The van der Waals surface area contributed by atoms with Crippen LogP contribution in [0.5, 0.6) is 0 Å². The molecule has 11 heteroatoms. The van der Waals surface area contributed by atoms with Gasteiger partial charge in [-0.1, -0.05) is 66.2 Å². The van der Waals surface area contributed by atoms with Gasteiger partial charge in [0.15, 0.2) is 12.2 Å². The highest BCUT2D eigenvalue weighted by molar-refractivity contribution is 14.2. The van der Waals surface area contributed by atoms with Crippen molar-refractivity contribution in [3.63, 3.8) is 0 Å². The van der Waals surface area contributed by atoms with Crippen molar-refractivity contribution in [2.45, 2.75) is 12.3 Å². The van der Waals surface area contributed by atoms with Crippen LogP contribution in [0.1, 0.15) is 22.9 Å². The number of nitrogens with zero attached hydrogens (tertiary/aromatic N) is 3. The molecule has 1 atom stereocenters. The van der Waals surface area contributed by atoms with Crippen molar-refractivity contribution in [3.05, 3.63) is 137 Å². The number of oxazole rings is 1. The molecule has 1 aliphatic rings. The molecule has 3 heterocycles. The molecule has 0 bridgehead atoms. The van der Waals surface area contributed by atoms with E-state index in [1.54, 1.807) is 36.8 Å². The second-order valence-corrected chi connectivity index (χ2v) is 12.9. The van der Waals surface area contributed by atoms with Crippen molar-refractivity contribution in [1.82, 2.24) is 18.2 Å². The Hall–Kier alpha value is -4.52. The number of rotatable bonds is 8. The number of hydroxylamine groups is 1. The standard InChI is InChI=1S/C33H26ClIN5O4/c1-43-33(41)38-25-11-7-22(8-12-25)30-17-37-32(39-30)28(15-21-5-3-2-4-6-21)29-14-9-23(19-40(42)35-29)27-16-24(34)10-13-26(27)31-18-36-20-44-31/h2-14,16-20,28H,15H2,1H3,(H,37,39)(H,38,41)/q-1/t28-/m1/s1. The zero-order valence-corrected chi connectivity index (χ0v) is 26.3. The summed E-state index contributed by atoms with van der Waals surface area (Å²) in [4.78, 5) is 23.9. The Labute approximate surface area is 268 Å². The Morgan fingerprint density at radius 2 is 1.91 bits per heavy atom. The molecule has 9 nitrogen and oxygen atoms in total. The summed E-state index contributed by atoms with van der Waals surface area (Å²) < 4.78 is 12.3. The average Bonchev–Trinajstić information content (AvgIpc) is 3.72. The Balaban J connectivity index is 1.33. The molecule has 0 saturated carbocycles. The highest BCUT2D eigenvalue weighted by atomic mass is 127. The molecule has 0 aliphatic carbocycles. The first kappa shape index (κ1) is 29.5. The largest absolute Gasteiger partial charge is 0.750 e. The molecule has 3 aromatic carbocycles. The first-order chi connectivity index (χ1) is 21.5. The molecule has 0 radical (unpaired) electrons. The number of carbonyl (C=O) groups excluding carboxylic acids is 1. The smallest absolute Gasteiger partial charge is 0.411 e. The van der Waals surface area contributed by atoms with Crippen LogP contribution in [-0.2, 0) is 11.2 Å². The number of benzene rings is 3. The molecule has 1 amide bonds. The fourth-order valence-corrected chi connectivity index (χ4v) is 7.21. The normalized spacial score (nSPS) is 13.8. The minimum atomic E-state index is -1.10. The van der Waals surface area contributed by atoms with Gasteiger partial charge < -0.3 is 22.6 Å². The van der Waals surface area contributed by atoms with E-state index in [2.05, 4.69) is 32.2 Å². The summed E-state index contributed by atoms with van der Waals surface area (Å²) in [6.07, 6.45) is 10.6. The lowest BCUT2D eigenvalue weighted by Crippen LogP contribution is -2.14. The summed E-state index contributed by atoms with van der Waals surface area (Å²) in [6.45, 7) is 0. The number of halogens is 2. The van der Waals surface area contributed by atoms with Gasteiger partial charge in [-0.25, -0.2) is 14.8 Å². The van der Waals surface area contributed by atoms with Crippen LogP contribution in [0.4, 0.5) is 10.5 Å². The maximum Gasteiger partial charge on any atom is 0.411 e. The van der Waals surface area contributed by atoms with Gasteiger partial charge in [0, 0.05) is 26.0 Å². The minimum absolute atomic E-state index is 0.159. The SMILES string of the molecule is COC(=O)Nc1ccc(-c2cnc([C@H](Cc3ccccc3)C3=IN([O-])C=C(c4cc(Cl)ccc4-c4cnco4)C=C3)[nH]2)cc1. The number of allylic oxidation sites excluding steroid dienone is 3. The number of imidazole rings is 1. The van der Waals surface area contributed by atoms with Crippen LogP contribution >= 0.6 is 32.6 Å². The van der Waals surface area contributed by atoms with Crippen LogP contribution < -0.4 is 5.32 Å². The van der Waals surface area contributed by atoms with E-state index in [9.17, 15) is 10.0 Å². The molecule has 2 N–H and O–H groups in total. The Morgan fingerprint density at radius 3 is 2.66 bits per heavy atom. The molecule has 5 aromatic rings. The van der Waals surface area contributed by atoms with Crippen LogP contribution in [0.25, 0.3) is 28.2 Å². The molecular weight excluding hydrogens is 693 g/mol. The first-order valence-corrected chi connectivity index (χ1v) is 16.0. The predicted octanol–water partition coefficient (Wildman–Crippen LogP) is 8.36. The fraction of sp³-hybridized carbons (Fsp3) is 0.0909. The van der Waals surface area contributed by atoms with Crippen molar-refractivity contribution in [3.8, 4) is 22.6 Å². The second-order valence-electron chi connectivity index (χ2n) is 9.83. The number of hydrogen-bond donors (Lipinski definition) is 2. The van der Waals surface area contributed by atoms with E-state index >= 15 is 0 Å². The van der Waals surface area contributed by atoms with E-state index in [1.807, 2.05) is 54.6 Å². The van der Waals surface area contributed by atoms with E-state index in [0.717, 1.165) is 46.1 Å². The van der Waals surface area contributed by atoms with Gasteiger partial charge in [0.2, 0.25) is 0 Å². The van der Waals surface area contributed by atoms with E-state index < -0.39 is 27.1 Å². The van der Waals surface area contributed by atoms with Crippen LogP contribution in [0.3, 0.4) is 0 Å². The van der Waals surface area contributed by atoms with Gasteiger partial charge >= 0.3 is 6.09 Å². The lowest BCUT2D eigenvalue weighted by atomic mass is 9.93. The summed E-state index contributed by atoms with van der Waals surface area (Å²) in [6, 6.07) is 23.0. The van der Waals surface area contributed by atoms with Gasteiger partial charge in [-0.2, -0.15) is 0 Å². The Kier molecular flexibility index (Phi) is 9.01. The third-order valence-corrected chi connectivity index (χ3v) is 9.66. The van der Waals surface area contributed by atoms with E-state index in [4.69, 9.17) is 21.0 Å². The quantitative estimate of drug-likeness (QED) is 0.122. The van der Waals surface area contributed by atoms with Crippen LogP contribution in [0.15, 0.2) is 114 Å². The van der Waals surface area contributed by atoms with Gasteiger partial charge in [-0.15, -0.1) is 0 Å². The van der Waals surface area contributed by atoms with E-state index in [0.29, 0.717) is 22.9 Å². The number of aromatic amines is 1. The number of hydrogen-bond acceptors (Lipinski definition) is 7. The maximum atomic E-state index is 13.4. The molecular formula is C33H26ClIN5O4-. The zero-order valence-electron chi connectivity index (χ0n) is 23.4.